The van der Waals surface area contributed by atoms with Crippen LogP contribution in [0.15, 0.2) is 47.6 Å². The van der Waals surface area contributed by atoms with Crippen LogP contribution in [-0.4, -0.2) is 31.9 Å². The highest BCUT2D eigenvalue weighted by atomic mass is 35.5. The van der Waals surface area contributed by atoms with Crippen molar-refractivity contribution in [2.24, 2.45) is 11.0 Å². The lowest BCUT2D eigenvalue weighted by Gasteiger charge is -2.24. The first kappa shape index (κ1) is 16.7. The first-order valence-corrected chi connectivity index (χ1v) is 8.61. The molecule has 2 heterocycles. The van der Waals surface area contributed by atoms with Crippen molar-refractivity contribution in [3.63, 3.8) is 0 Å². The highest BCUT2D eigenvalue weighted by Crippen LogP contribution is 2.34. The van der Waals surface area contributed by atoms with Gasteiger partial charge in [-0.2, -0.15) is 5.10 Å². The number of carbonyl (C=O) groups is 1. The summed E-state index contributed by atoms with van der Waals surface area (Å²) in [5, 5.41) is 4.93. The summed E-state index contributed by atoms with van der Waals surface area (Å²) in [4.78, 5) is 12.2. The summed E-state index contributed by atoms with van der Waals surface area (Å²) in [6.07, 6.45) is -0.892. The van der Waals surface area contributed by atoms with Crippen LogP contribution in [0.1, 0.15) is 17.2 Å². The number of carbonyl (C=O) groups excluding carboxylic acids is 1. The van der Waals surface area contributed by atoms with Gasteiger partial charge in [0.05, 0.1) is 25.3 Å². The molecule has 134 valence electrons. The number of halogens is 1. The van der Waals surface area contributed by atoms with Gasteiger partial charge in [0.1, 0.15) is 11.5 Å². The van der Waals surface area contributed by atoms with Gasteiger partial charge in [0, 0.05) is 28.8 Å². The molecule has 0 saturated heterocycles. The second kappa shape index (κ2) is 6.88. The molecule has 0 spiro atoms. The van der Waals surface area contributed by atoms with Crippen LogP contribution in [0, 0.1) is 5.92 Å². The second-order valence-corrected chi connectivity index (χ2v) is 6.53. The molecule has 2 aliphatic rings. The highest BCUT2D eigenvalue weighted by Gasteiger charge is 2.31. The number of fused-ring (bicyclic) bond motifs is 3. The minimum Gasteiger partial charge on any atom is -0.492 e. The fourth-order valence-corrected chi connectivity index (χ4v) is 3.20. The molecule has 0 aliphatic carbocycles. The van der Waals surface area contributed by atoms with E-state index < -0.39 is 12.1 Å². The van der Waals surface area contributed by atoms with Crippen molar-refractivity contribution in [3.8, 4) is 11.5 Å². The average Bonchev–Trinajstić information content (AvgIpc) is 3.15. The third kappa shape index (κ3) is 3.08. The summed E-state index contributed by atoms with van der Waals surface area (Å²) in [6, 6.07) is 12.4. The molecule has 2 atom stereocenters. The number of hydrazone groups is 1. The standard InChI is InChI=1S/C19H17ClN2O4/c1-24-19(23)18(11-2-4-13(20)5-3-11)26-14-6-7-15-16(8-14)25-10-12-9-21-22-17(12)15/h2-8,12,18,21H,9-10H2,1H3. The molecule has 7 heteroatoms. The molecule has 26 heavy (non-hydrogen) atoms. The number of rotatable bonds is 4. The van der Waals surface area contributed by atoms with Gasteiger partial charge in [-0.25, -0.2) is 4.79 Å². The topological polar surface area (TPSA) is 69.2 Å². The van der Waals surface area contributed by atoms with Gasteiger partial charge in [-0.3, -0.25) is 0 Å². The normalized spacial score (nSPS) is 18.5. The molecule has 0 saturated carbocycles. The van der Waals surface area contributed by atoms with E-state index in [9.17, 15) is 4.79 Å². The summed E-state index contributed by atoms with van der Waals surface area (Å²) in [5.74, 6) is 0.988. The van der Waals surface area contributed by atoms with Gasteiger partial charge < -0.3 is 19.6 Å². The minimum atomic E-state index is -0.892. The van der Waals surface area contributed by atoms with Crippen molar-refractivity contribution in [3.05, 3.63) is 58.6 Å². The highest BCUT2D eigenvalue weighted by molar-refractivity contribution is 6.30. The predicted octanol–water partition coefficient (Wildman–Crippen LogP) is 2.95. The van der Waals surface area contributed by atoms with Gasteiger partial charge in [0.15, 0.2) is 0 Å². The van der Waals surface area contributed by atoms with Gasteiger partial charge in [0.2, 0.25) is 6.10 Å². The minimum absolute atomic E-state index is 0.270. The molecule has 0 aromatic heterocycles. The van der Waals surface area contributed by atoms with Gasteiger partial charge >= 0.3 is 5.97 Å². The first-order chi connectivity index (χ1) is 12.7. The van der Waals surface area contributed by atoms with Crippen LogP contribution in [0.2, 0.25) is 5.02 Å². The van der Waals surface area contributed by atoms with Gasteiger partial charge in [-0.05, 0) is 24.3 Å². The molecule has 2 aromatic rings. The third-order valence-electron chi connectivity index (χ3n) is 4.43. The Labute approximate surface area is 155 Å². The van der Waals surface area contributed by atoms with Gasteiger partial charge in [0.25, 0.3) is 0 Å². The second-order valence-electron chi connectivity index (χ2n) is 6.10. The van der Waals surface area contributed by atoms with Crippen LogP contribution in [0.5, 0.6) is 11.5 Å². The summed E-state index contributed by atoms with van der Waals surface area (Å²) in [7, 11) is 1.33. The van der Waals surface area contributed by atoms with E-state index in [0.717, 1.165) is 17.8 Å². The molecule has 0 bridgehead atoms. The zero-order valence-corrected chi connectivity index (χ0v) is 14.8. The summed E-state index contributed by atoms with van der Waals surface area (Å²) >= 11 is 5.92. The van der Waals surface area contributed by atoms with E-state index in [1.165, 1.54) is 7.11 Å². The molecule has 6 nitrogen and oxygen atoms in total. The lowest BCUT2D eigenvalue weighted by atomic mass is 9.95. The van der Waals surface area contributed by atoms with E-state index in [1.807, 2.05) is 6.07 Å². The van der Waals surface area contributed by atoms with E-state index in [-0.39, 0.29) is 5.92 Å². The fourth-order valence-electron chi connectivity index (χ4n) is 3.08. The summed E-state index contributed by atoms with van der Waals surface area (Å²) < 4.78 is 16.6. The average molecular weight is 373 g/mol. The van der Waals surface area contributed by atoms with Crippen molar-refractivity contribution < 1.29 is 19.0 Å². The number of esters is 1. The Balaban J connectivity index is 1.62. The van der Waals surface area contributed by atoms with Crippen molar-refractivity contribution >= 4 is 23.3 Å². The van der Waals surface area contributed by atoms with E-state index in [2.05, 4.69) is 10.5 Å². The van der Waals surface area contributed by atoms with Crippen molar-refractivity contribution in [2.75, 3.05) is 20.3 Å². The maximum atomic E-state index is 12.2. The Morgan fingerprint density at radius 1 is 1.31 bits per heavy atom. The smallest absolute Gasteiger partial charge is 0.351 e. The molecular formula is C19H17ClN2O4. The van der Waals surface area contributed by atoms with Crippen molar-refractivity contribution in [1.29, 1.82) is 0 Å². The maximum absolute atomic E-state index is 12.2. The van der Waals surface area contributed by atoms with Crippen molar-refractivity contribution in [1.82, 2.24) is 5.43 Å². The molecule has 2 aliphatic heterocycles. The molecule has 1 N–H and O–H groups in total. The Bertz CT molecular complexity index is 866. The Morgan fingerprint density at radius 3 is 2.88 bits per heavy atom. The Morgan fingerprint density at radius 2 is 2.12 bits per heavy atom. The quantitative estimate of drug-likeness (QED) is 0.836. The number of benzene rings is 2. The summed E-state index contributed by atoms with van der Waals surface area (Å²) in [5.41, 5.74) is 5.61. The SMILES string of the molecule is COC(=O)C(Oc1ccc2c(c1)OCC1CNN=C21)c1ccc(Cl)cc1. The number of methoxy groups -OCH3 is 1. The maximum Gasteiger partial charge on any atom is 0.351 e. The molecule has 0 amide bonds. The molecule has 2 unspecified atom stereocenters. The molecule has 0 radical (unpaired) electrons. The number of nitrogens with zero attached hydrogens (tertiary/aromatic N) is 1. The Hall–Kier alpha value is -2.73. The van der Waals surface area contributed by atoms with Crippen LogP contribution in [0.25, 0.3) is 0 Å². The van der Waals surface area contributed by atoms with E-state index in [1.54, 1.807) is 36.4 Å². The molecular weight excluding hydrogens is 356 g/mol. The van der Waals surface area contributed by atoms with Gasteiger partial charge in [-0.1, -0.05) is 23.7 Å². The fraction of sp³-hybridized carbons (Fsp3) is 0.263. The van der Waals surface area contributed by atoms with Crippen LogP contribution >= 0.6 is 11.6 Å². The van der Waals surface area contributed by atoms with Crippen LogP contribution in [-0.2, 0) is 9.53 Å². The van der Waals surface area contributed by atoms with Crippen LogP contribution in [0.3, 0.4) is 0 Å². The number of hydrogen-bond acceptors (Lipinski definition) is 6. The number of hydrogen-bond donors (Lipinski definition) is 1. The number of nitrogens with one attached hydrogen (secondary N) is 1. The lowest BCUT2D eigenvalue weighted by Crippen LogP contribution is -2.28. The predicted molar refractivity (Wildman–Crippen MR) is 96.8 cm³/mol. The zero-order chi connectivity index (χ0) is 18.1. The van der Waals surface area contributed by atoms with Crippen LogP contribution in [0.4, 0.5) is 0 Å². The van der Waals surface area contributed by atoms with Crippen LogP contribution < -0.4 is 14.9 Å². The van der Waals surface area contributed by atoms with E-state index >= 15 is 0 Å². The monoisotopic (exact) mass is 372 g/mol. The number of ether oxygens (including phenoxy) is 3. The largest absolute Gasteiger partial charge is 0.492 e. The van der Waals surface area contributed by atoms with Gasteiger partial charge in [-0.15, -0.1) is 0 Å². The van der Waals surface area contributed by atoms with E-state index in [4.69, 9.17) is 25.8 Å². The molecule has 0 fully saturated rings. The Kier molecular flexibility index (Phi) is 4.42. The zero-order valence-electron chi connectivity index (χ0n) is 14.1. The molecule has 4 rings (SSSR count). The third-order valence-corrected chi connectivity index (χ3v) is 4.69. The van der Waals surface area contributed by atoms with E-state index in [0.29, 0.717) is 28.7 Å². The van der Waals surface area contributed by atoms with Crippen molar-refractivity contribution in [2.45, 2.75) is 6.10 Å². The lowest BCUT2D eigenvalue weighted by molar-refractivity contribution is -0.149. The first-order valence-electron chi connectivity index (χ1n) is 8.23. The summed E-state index contributed by atoms with van der Waals surface area (Å²) in [6.45, 7) is 1.36. The molecule has 2 aromatic carbocycles.